The van der Waals surface area contributed by atoms with E-state index in [1.807, 2.05) is 18.2 Å². The number of thiophene rings is 1. The minimum Gasteiger partial charge on any atom is -0.497 e. The van der Waals surface area contributed by atoms with E-state index >= 15 is 0 Å². The van der Waals surface area contributed by atoms with E-state index in [2.05, 4.69) is 36.6 Å². The van der Waals surface area contributed by atoms with Gasteiger partial charge in [0.05, 0.1) is 26.9 Å². The Bertz CT molecular complexity index is 996. The third-order valence-electron chi connectivity index (χ3n) is 3.59. The van der Waals surface area contributed by atoms with Crippen LogP contribution in [0.5, 0.6) is 11.5 Å². The molecule has 0 unspecified atom stereocenters. The molecule has 28 heavy (non-hydrogen) atoms. The summed E-state index contributed by atoms with van der Waals surface area (Å²) in [6.07, 6.45) is 0.457. The molecule has 2 aromatic carbocycles. The van der Waals surface area contributed by atoms with E-state index in [4.69, 9.17) is 9.47 Å². The molecule has 0 aliphatic rings. The lowest BCUT2D eigenvalue weighted by Gasteiger charge is -2.02. The van der Waals surface area contributed by atoms with Crippen LogP contribution in [-0.2, 0) is 4.74 Å². The van der Waals surface area contributed by atoms with Crippen LogP contribution in [0.3, 0.4) is 0 Å². The van der Waals surface area contributed by atoms with Crippen LogP contribution in [0.2, 0.25) is 0 Å². The number of fused-ring (bicyclic) bond motifs is 1. The van der Waals surface area contributed by atoms with Crippen molar-refractivity contribution in [2.75, 3.05) is 21.3 Å². The lowest BCUT2D eigenvalue weighted by atomic mass is 10.2. The second-order valence-electron chi connectivity index (χ2n) is 5.25. The molecule has 3 aromatic rings. The number of hydrogen-bond acceptors (Lipinski definition) is 6. The molecule has 3 rings (SSSR count). The van der Waals surface area contributed by atoms with Gasteiger partial charge in [0.15, 0.2) is 6.29 Å². The standard InChI is InChI=1S/C11H9BrO3S.C8H6BrFO2/c1-14-6-3-8(12)7-5-10(11(13)15-2)16-9(7)4-6;1-12-5-2-7(9)6(4-11)8(10)3-5/h3-5H,1-2H3;2-4H,1H3. The topological polar surface area (TPSA) is 61.8 Å². The monoisotopic (exact) mass is 532 g/mol. The molecule has 0 saturated carbocycles. The molecule has 0 radical (unpaired) electrons. The average molecular weight is 534 g/mol. The summed E-state index contributed by atoms with van der Waals surface area (Å²) in [5.74, 6) is 0.242. The molecule has 1 heterocycles. The van der Waals surface area contributed by atoms with E-state index in [9.17, 15) is 14.0 Å². The summed E-state index contributed by atoms with van der Waals surface area (Å²) < 4.78 is 29.9. The van der Waals surface area contributed by atoms with Crippen molar-refractivity contribution in [2.45, 2.75) is 0 Å². The van der Waals surface area contributed by atoms with Gasteiger partial charge in [-0.2, -0.15) is 0 Å². The molecular formula is C19H15Br2FO5S. The number of benzene rings is 2. The molecule has 0 bridgehead atoms. The van der Waals surface area contributed by atoms with Gasteiger partial charge in [-0.3, -0.25) is 4.79 Å². The number of halogens is 3. The van der Waals surface area contributed by atoms with Crippen molar-refractivity contribution in [3.05, 3.63) is 55.5 Å². The summed E-state index contributed by atoms with van der Waals surface area (Å²) >= 11 is 7.88. The third-order valence-corrected chi connectivity index (χ3v) is 5.96. The van der Waals surface area contributed by atoms with Crippen LogP contribution in [0.15, 0.2) is 39.3 Å². The number of ether oxygens (including phenoxy) is 3. The highest BCUT2D eigenvalue weighted by Crippen LogP contribution is 2.35. The van der Waals surface area contributed by atoms with Crippen LogP contribution < -0.4 is 9.47 Å². The summed E-state index contributed by atoms with van der Waals surface area (Å²) in [6, 6.07) is 8.28. The largest absolute Gasteiger partial charge is 0.497 e. The van der Waals surface area contributed by atoms with E-state index in [1.165, 1.54) is 31.6 Å². The van der Waals surface area contributed by atoms with Gasteiger partial charge in [-0.15, -0.1) is 11.3 Å². The summed E-state index contributed by atoms with van der Waals surface area (Å²) in [5.41, 5.74) is 0.0100. The number of aldehydes is 1. The summed E-state index contributed by atoms with van der Waals surface area (Å²) in [7, 11) is 4.42. The van der Waals surface area contributed by atoms with Crippen molar-refractivity contribution >= 4 is 65.5 Å². The van der Waals surface area contributed by atoms with Crippen LogP contribution in [0.1, 0.15) is 20.0 Å². The summed E-state index contributed by atoms with van der Waals surface area (Å²) in [4.78, 5) is 22.3. The van der Waals surface area contributed by atoms with Crippen LogP contribution in [0, 0.1) is 5.82 Å². The molecule has 0 spiro atoms. The molecule has 1 aromatic heterocycles. The fourth-order valence-corrected chi connectivity index (χ4v) is 4.41. The first-order chi connectivity index (χ1) is 13.3. The Morgan fingerprint density at radius 1 is 1.00 bits per heavy atom. The highest BCUT2D eigenvalue weighted by Gasteiger charge is 2.13. The Balaban J connectivity index is 0.000000209. The van der Waals surface area contributed by atoms with Gasteiger partial charge in [-0.1, -0.05) is 0 Å². The predicted octanol–water partition coefficient (Wildman–Crippen LogP) is 5.87. The van der Waals surface area contributed by atoms with E-state index in [0.29, 0.717) is 21.4 Å². The zero-order valence-corrected chi connectivity index (χ0v) is 19.0. The van der Waals surface area contributed by atoms with E-state index < -0.39 is 5.82 Å². The molecule has 0 aliphatic heterocycles. The number of methoxy groups -OCH3 is 3. The molecule has 0 fully saturated rings. The predicted molar refractivity (Wildman–Crippen MR) is 113 cm³/mol. The lowest BCUT2D eigenvalue weighted by molar-refractivity contribution is 0.0606. The number of hydrogen-bond donors (Lipinski definition) is 0. The second-order valence-corrected chi connectivity index (χ2v) is 8.04. The minimum absolute atomic E-state index is 0.0100. The van der Waals surface area contributed by atoms with Crippen molar-refractivity contribution in [1.82, 2.24) is 0 Å². The molecule has 0 amide bonds. The van der Waals surface area contributed by atoms with Gasteiger partial charge in [-0.25, -0.2) is 9.18 Å². The summed E-state index contributed by atoms with van der Waals surface area (Å²) in [6.45, 7) is 0. The van der Waals surface area contributed by atoms with Crippen LogP contribution in [0.4, 0.5) is 4.39 Å². The normalized spacial score (nSPS) is 10.1. The van der Waals surface area contributed by atoms with Gasteiger partial charge in [0.1, 0.15) is 22.2 Å². The van der Waals surface area contributed by atoms with Crippen LogP contribution >= 0.6 is 43.2 Å². The first kappa shape index (κ1) is 22.3. The van der Waals surface area contributed by atoms with Crippen molar-refractivity contribution in [1.29, 1.82) is 0 Å². The van der Waals surface area contributed by atoms with Gasteiger partial charge < -0.3 is 14.2 Å². The maximum atomic E-state index is 13.0. The fraction of sp³-hybridized carbons (Fsp3) is 0.158. The molecule has 0 saturated heterocycles. The molecule has 0 atom stereocenters. The van der Waals surface area contributed by atoms with Crippen LogP contribution in [-0.4, -0.2) is 33.6 Å². The van der Waals surface area contributed by atoms with E-state index in [1.54, 1.807) is 7.11 Å². The Kier molecular flexibility index (Phi) is 7.97. The molecule has 0 N–H and O–H groups in total. The highest BCUT2D eigenvalue weighted by atomic mass is 79.9. The Labute approximate surface area is 181 Å². The molecule has 148 valence electrons. The van der Waals surface area contributed by atoms with Crippen molar-refractivity contribution < 1.29 is 28.2 Å². The highest BCUT2D eigenvalue weighted by molar-refractivity contribution is 9.11. The summed E-state index contributed by atoms with van der Waals surface area (Å²) in [5, 5.41) is 0.992. The SMILES string of the molecule is COC(=O)c1cc2c(Br)cc(OC)cc2s1.COc1cc(F)c(C=O)c(Br)c1. The molecular weight excluding hydrogens is 519 g/mol. The first-order valence-electron chi connectivity index (χ1n) is 7.68. The van der Waals surface area contributed by atoms with Gasteiger partial charge in [0, 0.05) is 25.1 Å². The zero-order chi connectivity index (χ0) is 20.8. The Morgan fingerprint density at radius 2 is 1.61 bits per heavy atom. The Hall–Kier alpha value is -1.97. The lowest BCUT2D eigenvalue weighted by Crippen LogP contribution is -1.96. The van der Waals surface area contributed by atoms with E-state index in [-0.39, 0.29) is 11.5 Å². The zero-order valence-electron chi connectivity index (χ0n) is 15.0. The number of rotatable bonds is 4. The Morgan fingerprint density at radius 3 is 2.14 bits per heavy atom. The van der Waals surface area contributed by atoms with Gasteiger partial charge >= 0.3 is 5.97 Å². The number of esters is 1. The van der Waals surface area contributed by atoms with Crippen molar-refractivity contribution in [3.63, 3.8) is 0 Å². The van der Waals surface area contributed by atoms with Crippen LogP contribution in [0.25, 0.3) is 10.1 Å². The maximum absolute atomic E-state index is 13.0. The van der Waals surface area contributed by atoms with E-state index in [0.717, 1.165) is 26.4 Å². The smallest absolute Gasteiger partial charge is 0.348 e. The van der Waals surface area contributed by atoms with Gasteiger partial charge in [0.25, 0.3) is 0 Å². The molecule has 9 heteroatoms. The van der Waals surface area contributed by atoms with Crippen molar-refractivity contribution in [2.24, 2.45) is 0 Å². The van der Waals surface area contributed by atoms with Gasteiger partial charge in [0.2, 0.25) is 0 Å². The number of carbonyl (C=O) groups excluding carboxylic acids is 2. The minimum atomic E-state index is -0.587. The first-order valence-corrected chi connectivity index (χ1v) is 10.1. The van der Waals surface area contributed by atoms with Gasteiger partial charge in [-0.05, 0) is 56.1 Å². The molecule has 0 aliphatic carbocycles. The van der Waals surface area contributed by atoms with Crippen molar-refractivity contribution in [3.8, 4) is 11.5 Å². The third kappa shape index (κ3) is 5.09. The number of carbonyl (C=O) groups is 2. The molecule has 5 nitrogen and oxygen atoms in total. The average Bonchev–Trinajstić information content (AvgIpc) is 3.12. The quantitative estimate of drug-likeness (QED) is 0.310. The maximum Gasteiger partial charge on any atom is 0.348 e. The fourth-order valence-electron chi connectivity index (χ4n) is 2.18. The second kappa shape index (κ2) is 9.99.